The van der Waals surface area contributed by atoms with Gasteiger partial charge in [0.1, 0.15) is 5.82 Å². The highest BCUT2D eigenvalue weighted by molar-refractivity contribution is 5.64. The molecule has 25 heavy (non-hydrogen) atoms. The smallest absolute Gasteiger partial charge is 0.404 e. The first kappa shape index (κ1) is 18.1. The first-order chi connectivity index (χ1) is 12.1. The van der Waals surface area contributed by atoms with E-state index in [1.165, 1.54) is 24.1 Å². The summed E-state index contributed by atoms with van der Waals surface area (Å²) in [7, 11) is 0. The van der Waals surface area contributed by atoms with Crippen LogP contribution < -0.4 is 5.32 Å². The fourth-order valence-electron chi connectivity index (χ4n) is 4.04. The molecule has 3 rings (SSSR count). The van der Waals surface area contributed by atoms with Crippen molar-refractivity contribution in [3.05, 3.63) is 35.6 Å². The lowest BCUT2D eigenvalue weighted by Gasteiger charge is -2.38. The first-order valence-corrected chi connectivity index (χ1v) is 9.18. The van der Waals surface area contributed by atoms with E-state index in [0.717, 1.165) is 45.3 Å². The Kier molecular flexibility index (Phi) is 6.26. The summed E-state index contributed by atoms with van der Waals surface area (Å²) in [6.45, 7) is 3.48. The maximum Gasteiger partial charge on any atom is 0.404 e. The largest absolute Gasteiger partial charge is 0.465 e. The number of rotatable bonds is 5. The van der Waals surface area contributed by atoms with Gasteiger partial charge in [-0.15, -0.1) is 0 Å². The highest BCUT2D eigenvalue weighted by atomic mass is 19.1. The van der Waals surface area contributed by atoms with Crippen molar-refractivity contribution in [2.75, 3.05) is 26.2 Å². The Morgan fingerprint density at radius 2 is 2.08 bits per heavy atom. The standard InChI is InChI=1S/C19H27FN2O3/c20-16-7-5-14(6-8-16)11-15-3-1-9-22(12-15)13-18-17(21-19(23)24)4-2-10-25-18/h5-8,15,17-18,21H,1-4,9-13H2,(H,23,24). The SMILES string of the molecule is O=C(O)NC1CCCOC1CN1CCCC(Cc2ccc(F)cc2)C1. The second kappa shape index (κ2) is 8.63. The summed E-state index contributed by atoms with van der Waals surface area (Å²) < 4.78 is 18.9. The van der Waals surface area contributed by atoms with Gasteiger partial charge < -0.3 is 20.1 Å². The number of carboxylic acid groups (broad SMARTS) is 1. The molecule has 2 saturated heterocycles. The molecule has 2 N–H and O–H groups in total. The fourth-order valence-corrected chi connectivity index (χ4v) is 4.04. The predicted octanol–water partition coefficient (Wildman–Crippen LogP) is 2.90. The van der Waals surface area contributed by atoms with Crippen LogP contribution in [0.25, 0.3) is 0 Å². The average molecular weight is 350 g/mol. The molecule has 1 amide bonds. The highest BCUT2D eigenvalue weighted by Gasteiger charge is 2.30. The normalized spacial score (nSPS) is 27.8. The Bertz CT molecular complexity index is 566. The number of likely N-dealkylation sites (tertiary alicyclic amines) is 1. The van der Waals surface area contributed by atoms with Gasteiger partial charge in [0.15, 0.2) is 0 Å². The molecule has 0 aromatic heterocycles. The lowest BCUT2D eigenvalue weighted by molar-refractivity contribution is -0.0323. The van der Waals surface area contributed by atoms with E-state index in [0.29, 0.717) is 12.5 Å². The number of benzene rings is 1. The van der Waals surface area contributed by atoms with Crippen LogP contribution in [0.2, 0.25) is 0 Å². The van der Waals surface area contributed by atoms with Crippen molar-refractivity contribution in [2.24, 2.45) is 5.92 Å². The third-order valence-electron chi connectivity index (χ3n) is 5.23. The number of ether oxygens (including phenoxy) is 1. The predicted molar refractivity (Wildman–Crippen MR) is 93.2 cm³/mol. The molecule has 5 nitrogen and oxygen atoms in total. The van der Waals surface area contributed by atoms with Crippen molar-refractivity contribution in [1.29, 1.82) is 0 Å². The van der Waals surface area contributed by atoms with Gasteiger partial charge in [0.05, 0.1) is 12.1 Å². The number of piperidine rings is 1. The van der Waals surface area contributed by atoms with Gasteiger partial charge >= 0.3 is 6.09 Å². The molecule has 138 valence electrons. The van der Waals surface area contributed by atoms with E-state index in [9.17, 15) is 9.18 Å². The van der Waals surface area contributed by atoms with E-state index in [4.69, 9.17) is 9.84 Å². The van der Waals surface area contributed by atoms with Crippen LogP contribution >= 0.6 is 0 Å². The number of hydrogen-bond acceptors (Lipinski definition) is 3. The number of nitrogens with zero attached hydrogens (tertiary/aromatic N) is 1. The number of carbonyl (C=O) groups is 1. The molecule has 2 heterocycles. The third kappa shape index (κ3) is 5.41. The maximum atomic E-state index is 13.0. The van der Waals surface area contributed by atoms with E-state index in [1.54, 1.807) is 0 Å². The van der Waals surface area contributed by atoms with Gasteiger partial charge in [0.2, 0.25) is 0 Å². The Hall–Kier alpha value is -1.66. The second-order valence-corrected chi connectivity index (χ2v) is 7.21. The summed E-state index contributed by atoms with van der Waals surface area (Å²) in [5, 5.41) is 11.6. The summed E-state index contributed by atoms with van der Waals surface area (Å²) in [5.74, 6) is 0.356. The Balaban J connectivity index is 1.53. The molecule has 0 radical (unpaired) electrons. The van der Waals surface area contributed by atoms with E-state index in [-0.39, 0.29) is 18.0 Å². The second-order valence-electron chi connectivity index (χ2n) is 7.21. The first-order valence-electron chi connectivity index (χ1n) is 9.18. The summed E-state index contributed by atoms with van der Waals surface area (Å²) in [4.78, 5) is 13.4. The minimum Gasteiger partial charge on any atom is -0.465 e. The highest BCUT2D eigenvalue weighted by Crippen LogP contribution is 2.23. The zero-order valence-corrected chi connectivity index (χ0v) is 14.5. The van der Waals surface area contributed by atoms with Crippen LogP contribution in [0.15, 0.2) is 24.3 Å². The van der Waals surface area contributed by atoms with Gasteiger partial charge in [-0.1, -0.05) is 12.1 Å². The topological polar surface area (TPSA) is 61.8 Å². The van der Waals surface area contributed by atoms with Crippen molar-refractivity contribution < 1.29 is 19.0 Å². The van der Waals surface area contributed by atoms with Crippen molar-refractivity contribution in [2.45, 2.75) is 44.2 Å². The van der Waals surface area contributed by atoms with E-state index >= 15 is 0 Å². The average Bonchev–Trinajstić information content (AvgIpc) is 2.59. The molecule has 3 atom stereocenters. The molecule has 3 unspecified atom stereocenters. The van der Waals surface area contributed by atoms with E-state index in [2.05, 4.69) is 10.2 Å². The molecule has 2 aliphatic rings. The molecule has 0 bridgehead atoms. The number of amides is 1. The van der Waals surface area contributed by atoms with Gasteiger partial charge in [-0.2, -0.15) is 0 Å². The molecular formula is C19H27FN2O3. The molecule has 0 spiro atoms. The number of halogens is 1. The van der Waals surface area contributed by atoms with Crippen molar-refractivity contribution in [3.63, 3.8) is 0 Å². The van der Waals surface area contributed by atoms with Gasteiger partial charge in [-0.05, 0) is 62.3 Å². The quantitative estimate of drug-likeness (QED) is 0.857. The third-order valence-corrected chi connectivity index (χ3v) is 5.23. The Morgan fingerprint density at radius 1 is 1.28 bits per heavy atom. The van der Waals surface area contributed by atoms with Crippen LogP contribution in [-0.2, 0) is 11.2 Å². The summed E-state index contributed by atoms with van der Waals surface area (Å²) >= 11 is 0. The van der Waals surface area contributed by atoms with Gasteiger partial charge in [-0.3, -0.25) is 0 Å². The van der Waals surface area contributed by atoms with Gasteiger partial charge in [0.25, 0.3) is 0 Å². The molecule has 0 saturated carbocycles. The van der Waals surface area contributed by atoms with Crippen LogP contribution in [0, 0.1) is 11.7 Å². The van der Waals surface area contributed by atoms with Crippen LogP contribution in [0.1, 0.15) is 31.2 Å². The molecule has 2 fully saturated rings. The lowest BCUT2D eigenvalue weighted by Crippen LogP contribution is -2.52. The van der Waals surface area contributed by atoms with Crippen molar-refractivity contribution in [1.82, 2.24) is 10.2 Å². The maximum absolute atomic E-state index is 13.0. The molecule has 1 aromatic carbocycles. The Morgan fingerprint density at radius 3 is 2.84 bits per heavy atom. The lowest BCUT2D eigenvalue weighted by atomic mass is 9.90. The Labute approximate surface area is 148 Å². The number of hydrogen-bond donors (Lipinski definition) is 2. The summed E-state index contributed by atoms with van der Waals surface area (Å²) in [6, 6.07) is 6.65. The zero-order valence-electron chi connectivity index (χ0n) is 14.5. The zero-order chi connectivity index (χ0) is 17.6. The van der Waals surface area contributed by atoms with Crippen LogP contribution in [0.3, 0.4) is 0 Å². The minimum absolute atomic E-state index is 0.0746. The fraction of sp³-hybridized carbons (Fsp3) is 0.632. The molecule has 1 aromatic rings. The summed E-state index contributed by atoms with van der Waals surface area (Å²) in [6.07, 6.45) is 3.95. The molecule has 6 heteroatoms. The van der Waals surface area contributed by atoms with Gasteiger partial charge in [0, 0.05) is 19.7 Å². The molecular weight excluding hydrogens is 323 g/mol. The van der Waals surface area contributed by atoms with Gasteiger partial charge in [-0.25, -0.2) is 9.18 Å². The van der Waals surface area contributed by atoms with E-state index in [1.807, 2.05) is 12.1 Å². The summed E-state index contributed by atoms with van der Waals surface area (Å²) in [5.41, 5.74) is 1.17. The van der Waals surface area contributed by atoms with Crippen LogP contribution in [-0.4, -0.2) is 54.5 Å². The van der Waals surface area contributed by atoms with Crippen molar-refractivity contribution in [3.8, 4) is 0 Å². The molecule has 0 aliphatic carbocycles. The number of nitrogens with one attached hydrogen (secondary N) is 1. The molecule has 2 aliphatic heterocycles. The van der Waals surface area contributed by atoms with Crippen LogP contribution in [0.5, 0.6) is 0 Å². The van der Waals surface area contributed by atoms with Crippen LogP contribution in [0.4, 0.5) is 9.18 Å². The van der Waals surface area contributed by atoms with Crippen molar-refractivity contribution >= 4 is 6.09 Å². The van der Waals surface area contributed by atoms with E-state index < -0.39 is 6.09 Å². The monoisotopic (exact) mass is 350 g/mol. The minimum atomic E-state index is -0.978.